The summed E-state index contributed by atoms with van der Waals surface area (Å²) >= 11 is 0. The van der Waals surface area contributed by atoms with Gasteiger partial charge in [-0.1, -0.05) is 6.07 Å². The molecule has 1 rings (SSSR count). The Balaban J connectivity index is 3.21. The van der Waals surface area contributed by atoms with Crippen LogP contribution in [0.15, 0.2) is 23.1 Å². The minimum absolute atomic E-state index is 0.164. The van der Waals surface area contributed by atoms with Gasteiger partial charge in [0, 0.05) is 22.5 Å². The van der Waals surface area contributed by atoms with Gasteiger partial charge in [0.1, 0.15) is 5.82 Å². The van der Waals surface area contributed by atoms with Crippen LogP contribution in [0.25, 0.3) is 0 Å². The third kappa shape index (κ3) is 3.73. The van der Waals surface area contributed by atoms with Crippen LogP contribution in [0.4, 0.5) is 4.39 Å². The molecule has 0 aliphatic heterocycles. The second kappa shape index (κ2) is 4.31. The van der Waals surface area contributed by atoms with Gasteiger partial charge in [0.2, 0.25) is 9.05 Å². The van der Waals surface area contributed by atoms with Crippen molar-refractivity contribution in [2.75, 3.05) is 6.26 Å². The number of benzene rings is 1. The molecule has 16 heavy (non-hydrogen) atoms. The number of halogens is 2. The zero-order chi connectivity index (χ0) is 12.6. The summed E-state index contributed by atoms with van der Waals surface area (Å²) in [7, 11) is -2.42. The SMILES string of the molecule is CS(=O)(=O)c1ccc(CS(=O)(=O)Cl)c(F)c1. The molecule has 1 aromatic carbocycles. The molecular formula is C8H8ClFO4S2. The lowest BCUT2D eigenvalue weighted by atomic mass is 10.2. The smallest absolute Gasteiger partial charge is 0.224 e. The molecule has 1 aromatic rings. The first-order valence-corrected chi connectivity index (χ1v) is 8.37. The Morgan fingerprint density at radius 3 is 2.19 bits per heavy atom. The fraction of sp³-hybridized carbons (Fsp3) is 0.250. The van der Waals surface area contributed by atoms with Gasteiger partial charge < -0.3 is 0 Å². The maximum Gasteiger partial charge on any atom is 0.236 e. The first-order valence-electron chi connectivity index (χ1n) is 4.00. The molecule has 0 atom stereocenters. The van der Waals surface area contributed by atoms with E-state index in [1.807, 2.05) is 0 Å². The predicted octanol–water partition coefficient (Wildman–Crippen LogP) is 1.30. The maximum atomic E-state index is 13.3. The highest BCUT2D eigenvalue weighted by Crippen LogP contribution is 2.18. The van der Waals surface area contributed by atoms with Crippen molar-refractivity contribution in [3.8, 4) is 0 Å². The van der Waals surface area contributed by atoms with Gasteiger partial charge >= 0.3 is 0 Å². The highest BCUT2D eigenvalue weighted by Gasteiger charge is 2.15. The Kier molecular flexibility index (Phi) is 3.61. The van der Waals surface area contributed by atoms with Crippen LogP contribution >= 0.6 is 10.7 Å². The Labute approximate surface area is 97.4 Å². The monoisotopic (exact) mass is 286 g/mol. The molecular weight excluding hydrogens is 279 g/mol. The van der Waals surface area contributed by atoms with Crippen molar-refractivity contribution in [2.24, 2.45) is 0 Å². The molecule has 0 aliphatic carbocycles. The van der Waals surface area contributed by atoms with Gasteiger partial charge in [0.25, 0.3) is 0 Å². The number of hydrogen-bond acceptors (Lipinski definition) is 4. The van der Waals surface area contributed by atoms with E-state index in [0.717, 1.165) is 24.5 Å². The van der Waals surface area contributed by atoms with Gasteiger partial charge in [-0.3, -0.25) is 0 Å². The van der Waals surface area contributed by atoms with E-state index >= 15 is 0 Å². The van der Waals surface area contributed by atoms with E-state index in [9.17, 15) is 21.2 Å². The maximum absolute atomic E-state index is 13.3. The molecule has 0 bridgehead atoms. The highest BCUT2D eigenvalue weighted by atomic mass is 35.7. The summed E-state index contributed by atoms with van der Waals surface area (Å²) in [5, 5.41) is 0. The Morgan fingerprint density at radius 1 is 1.25 bits per heavy atom. The Morgan fingerprint density at radius 2 is 1.81 bits per heavy atom. The second-order valence-electron chi connectivity index (χ2n) is 3.21. The van der Waals surface area contributed by atoms with Crippen molar-refractivity contribution >= 4 is 29.6 Å². The zero-order valence-electron chi connectivity index (χ0n) is 8.14. The van der Waals surface area contributed by atoms with Gasteiger partial charge in [-0.25, -0.2) is 21.2 Å². The molecule has 90 valence electrons. The number of hydrogen-bond donors (Lipinski definition) is 0. The van der Waals surface area contributed by atoms with Crippen molar-refractivity contribution in [1.82, 2.24) is 0 Å². The minimum Gasteiger partial charge on any atom is -0.224 e. The molecule has 0 unspecified atom stereocenters. The van der Waals surface area contributed by atoms with Crippen molar-refractivity contribution in [2.45, 2.75) is 10.6 Å². The largest absolute Gasteiger partial charge is 0.236 e. The van der Waals surface area contributed by atoms with Gasteiger partial charge in [0.05, 0.1) is 10.6 Å². The summed E-state index contributed by atoms with van der Waals surface area (Å²) in [6, 6.07) is 2.99. The minimum atomic E-state index is -3.87. The molecule has 0 heterocycles. The molecule has 0 aliphatic rings. The van der Waals surface area contributed by atoms with Crippen molar-refractivity contribution in [3.05, 3.63) is 29.6 Å². The van der Waals surface area contributed by atoms with Crippen molar-refractivity contribution in [3.63, 3.8) is 0 Å². The molecule has 0 saturated heterocycles. The molecule has 8 heteroatoms. The van der Waals surface area contributed by atoms with Gasteiger partial charge in [-0.15, -0.1) is 0 Å². The summed E-state index contributed by atoms with van der Waals surface area (Å²) in [6.07, 6.45) is 0.930. The lowest BCUT2D eigenvalue weighted by molar-refractivity contribution is 0.589. The van der Waals surface area contributed by atoms with Crippen LogP contribution < -0.4 is 0 Å². The molecule has 0 saturated carbocycles. The zero-order valence-corrected chi connectivity index (χ0v) is 10.5. The quantitative estimate of drug-likeness (QED) is 0.786. The first kappa shape index (κ1) is 13.4. The van der Waals surface area contributed by atoms with Crippen LogP contribution in [0.1, 0.15) is 5.56 Å². The summed E-state index contributed by atoms with van der Waals surface area (Å²) < 4.78 is 56.9. The summed E-state index contributed by atoms with van der Waals surface area (Å²) in [4.78, 5) is -0.208. The van der Waals surface area contributed by atoms with Crippen molar-refractivity contribution in [1.29, 1.82) is 0 Å². The van der Waals surface area contributed by atoms with Gasteiger partial charge in [0.15, 0.2) is 9.84 Å². The summed E-state index contributed by atoms with van der Waals surface area (Å²) in [6.45, 7) is 0. The average Bonchev–Trinajstić information content (AvgIpc) is 2.04. The fourth-order valence-electron chi connectivity index (χ4n) is 1.06. The Hall–Kier alpha value is -0.660. The van der Waals surface area contributed by atoms with E-state index in [1.165, 1.54) is 0 Å². The molecule has 0 spiro atoms. The predicted molar refractivity (Wildman–Crippen MR) is 58.0 cm³/mol. The van der Waals surface area contributed by atoms with E-state index in [1.54, 1.807) is 0 Å². The van der Waals surface area contributed by atoms with E-state index in [4.69, 9.17) is 10.7 Å². The molecule has 0 N–H and O–H groups in total. The molecule has 0 aromatic heterocycles. The van der Waals surface area contributed by atoms with Crippen LogP contribution in [-0.4, -0.2) is 23.1 Å². The Bertz CT molecular complexity index is 607. The van der Waals surface area contributed by atoms with Gasteiger partial charge in [-0.05, 0) is 12.1 Å². The van der Waals surface area contributed by atoms with E-state index < -0.39 is 30.5 Å². The average molecular weight is 287 g/mol. The first-order chi connectivity index (χ1) is 7.09. The third-order valence-electron chi connectivity index (χ3n) is 1.78. The fourth-order valence-corrected chi connectivity index (χ4v) is 2.65. The van der Waals surface area contributed by atoms with E-state index in [-0.39, 0.29) is 10.5 Å². The van der Waals surface area contributed by atoms with Crippen LogP contribution in [0, 0.1) is 5.82 Å². The molecule has 0 radical (unpaired) electrons. The number of rotatable bonds is 3. The van der Waals surface area contributed by atoms with E-state index in [2.05, 4.69) is 0 Å². The molecule has 0 amide bonds. The van der Waals surface area contributed by atoms with Gasteiger partial charge in [-0.2, -0.15) is 0 Å². The van der Waals surface area contributed by atoms with E-state index in [0.29, 0.717) is 0 Å². The molecule has 0 fully saturated rings. The number of sulfone groups is 1. The summed E-state index contributed by atoms with van der Waals surface area (Å²) in [5.41, 5.74) is -0.164. The lowest BCUT2D eigenvalue weighted by Crippen LogP contribution is -2.02. The highest BCUT2D eigenvalue weighted by molar-refractivity contribution is 8.13. The standard InChI is InChI=1S/C8H8ClFO4S2/c1-15(11,12)7-3-2-6(8(10)4-7)5-16(9,13)14/h2-4H,5H2,1H3. The third-order valence-corrected chi connectivity index (χ3v) is 3.87. The van der Waals surface area contributed by atoms with Crippen LogP contribution in [0.5, 0.6) is 0 Å². The van der Waals surface area contributed by atoms with Crippen LogP contribution in [0.2, 0.25) is 0 Å². The summed E-state index contributed by atoms with van der Waals surface area (Å²) in [5.74, 6) is -1.59. The molecule has 4 nitrogen and oxygen atoms in total. The topological polar surface area (TPSA) is 68.3 Å². The van der Waals surface area contributed by atoms with Crippen molar-refractivity contribution < 1.29 is 21.2 Å². The van der Waals surface area contributed by atoms with Crippen LogP contribution in [-0.2, 0) is 24.6 Å². The lowest BCUT2D eigenvalue weighted by Gasteiger charge is -2.03. The normalized spacial score (nSPS) is 12.7. The second-order valence-corrected chi connectivity index (χ2v) is 8.00. The van der Waals surface area contributed by atoms with Crippen LogP contribution in [0.3, 0.4) is 0 Å².